The Morgan fingerprint density at radius 1 is 1.22 bits per heavy atom. The lowest BCUT2D eigenvalue weighted by atomic mass is 9.83. The summed E-state index contributed by atoms with van der Waals surface area (Å²) >= 11 is 3.85. The van der Waals surface area contributed by atoms with Gasteiger partial charge in [0.2, 0.25) is 0 Å². The van der Waals surface area contributed by atoms with E-state index in [9.17, 15) is 28.6 Å². The number of aliphatic carboxylic acids is 1. The Bertz CT molecular complexity index is 722. The number of benzene rings is 1. The van der Waals surface area contributed by atoms with Crippen LogP contribution in [0.15, 0.2) is 18.2 Å². The number of phenolic OH excluding ortho intramolecular Hbond substituents is 1. The van der Waals surface area contributed by atoms with Crippen molar-refractivity contribution in [1.82, 2.24) is 0 Å². The van der Waals surface area contributed by atoms with Gasteiger partial charge >= 0.3 is 11.9 Å². The summed E-state index contributed by atoms with van der Waals surface area (Å²) in [7, 11) is 0. The molecule has 0 heterocycles. The van der Waals surface area contributed by atoms with Crippen molar-refractivity contribution >= 4 is 63.2 Å². The van der Waals surface area contributed by atoms with E-state index < -0.39 is 29.9 Å². The third-order valence-corrected chi connectivity index (χ3v) is 6.05. The highest BCUT2D eigenvalue weighted by molar-refractivity contribution is 14.1. The van der Waals surface area contributed by atoms with Gasteiger partial charge in [-0.25, -0.2) is 4.79 Å². The van der Waals surface area contributed by atoms with E-state index in [0.29, 0.717) is 38.4 Å². The standard InChI is InChI=1S/C18H18F2I2O5/c19-18(20,17(25)26)16(11-4-2-1-3-5-11)27-14(23)7-6-10-8-12(21)15(24)13(22)9-10/h6-9,11,16,24H,1-5H2,(H,25,26)/p-1/b7-6+. The van der Waals surface area contributed by atoms with Gasteiger partial charge in [0.15, 0.2) is 6.10 Å². The minimum Gasteiger partial charge on any atom is -0.544 e. The quantitative estimate of drug-likeness (QED) is 0.305. The Morgan fingerprint density at radius 3 is 2.30 bits per heavy atom. The number of carboxylic acids is 1. The second-order valence-electron chi connectivity index (χ2n) is 6.33. The molecular weight excluding hydrogens is 588 g/mol. The molecule has 0 amide bonds. The number of hydrogen-bond donors (Lipinski definition) is 1. The smallest absolute Gasteiger partial charge is 0.331 e. The largest absolute Gasteiger partial charge is 0.544 e. The Balaban J connectivity index is 2.16. The van der Waals surface area contributed by atoms with E-state index >= 15 is 0 Å². The maximum absolute atomic E-state index is 14.1. The van der Waals surface area contributed by atoms with Crippen molar-refractivity contribution in [3.8, 4) is 5.75 Å². The van der Waals surface area contributed by atoms with Gasteiger partial charge in [-0.3, -0.25) is 0 Å². The summed E-state index contributed by atoms with van der Waals surface area (Å²) in [6, 6.07) is 3.21. The summed E-state index contributed by atoms with van der Waals surface area (Å²) in [6.45, 7) is 0. The summed E-state index contributed by atoms with van der Waals surface area (Å²) in [5.74, 6) is -8.46. The third-order valence-electron chi connectivity index (χ3n) is 4.40. The first-order valence-corrected chi connectivity index (χ1v) is 10.4. The molecule has 0 radical (unpaired) electrons. The van der Waals surface area contributed by atoms with Crippen LogP contribution < -0.4 is 5.11 Å². The number of carbonyl (C=O) groups is 2. The van der Waals surface area contributed by atoms with Gasteiger partial charge in [0.1, 0.15) is 11.7 Å². The van der Waals surface area contributed by atoms with E-state index in [2.05, 4.69) is 0 Å². The fraction of sp³-hybridized carbons (Fsp3) is 0.444. The number of esters is 1. The van der Waals surface area contributed by atoms with E-state index in [1.54, 1.807) is 12.1 Å². The van der Waals surface area contributed by atoms with Crippen LogP contribution in [-0.2, 0) is 14.3 Å². The van der Waals surface area contributed by atoms with Gasteiger partial charge in [0.05, 0.1) is 7.14 Å². The molecule has 0 spiro atoms. The van der Waals surface area contributed by atoms with Crippen molar-refractivity contribution in [2.45, 2.75) is 44.1 Å². The van der Waals surface area contributed by atoms with Gasteiger partial charge in [-0.1, -0.05) is 19.3 Å². The molecule has 1 aliphatic rings. The zero-order chi connectivity index (χ0) is 20.2. The number of carboxylic acid groups (broad SMARTS) is 1. The normalized spacial score (nSPS) is 17.0. The minimum atomic E-state index is -4.26. The van der Waals surface area contributed by atoms with Crippen LogP contribution in [0.5, 0.6) is 5.75 Å². The summed E-state index contributed by atoms with van der Waals surface area (Å²) < 4.78 is 34.2. The van der Waals surface area contributed by atoms with Crippen LogP contribution in [0.4, 0.5) is 8.78 Å². The number of ether oxygens (including phenoxy) is 1. The van der Waals surface area contributed by atoms with Crippen molar-refractivity contribution < 1.29 is 33.3 Å². The van der Waals surface area contributed by atoms with E-state index in [1.807, 2.05) is 45.2 Å². The number of rotatable bonds is 6. The zero-order valence-electron chi connectivity index (χ0n) is 14.1. The molecule has 1 aromatic rings. The second-order valence-corrected chi connectivity index (χ2v) is 8.66. The molecule has 1 saturated carbocycles. The SMILES string of the molecule is O=C(/C=C/c1cc(I)c(O)c(I)c1)OC(C1CCCCC1)C(F)(F)C(=O)[O-]. The molecule has 0 bridgehead atoms. The molecule has 0 aliphatic heterocycles. The fourth-order valence-corrected chi connectivity index (χ4v) is 4.85. The Kier molecular flexibility index (Phi) is 7.83. The molecular formula is C18H17F2I2O5-. The number of alkyl halides is 2. The number of phenols is 1. The highest BCUT2D eigenvalue weighted by Crippen LogP contribution is 2.36. The van der Waals surface area contributed by atoms with Gasteiger partial charge in [0, 0.05) is 12.0 Å². The van der Waals surface area contributed by atoms with Crippen LogP contribution >= 0.6 is 45.2 Å². The van der Waals surface area contributed by atoms with Gasteiger partial charge in [-0.05, 0) is 81.8 Å². The van der Waals surface area contributed by atoms with Crippen molar-refractivity contribution in [3.05, 3.63) is 30.9 Å². The summed E-state index contributed by atoms with van der Waals surface area (Å²) in [5.41, 5.74) is 0.569. The average molecular weight is 605 g/mol. The average Bonchev–Trinajstić information content (AvgIpc) is 2.62. The molecule has 1 aliphatic carbocycles. The lowest BCUT2D eigenvalue weighted by molar-refractivity contribution is -0.338. The second kappa shape index (κ2) is 9.48. The predicted octanol–water partition coefficient (Wildman–Crippen LogP) is 3.49. The molecule has 27 heavy (non-hydrogen) atoms. The van der Waals surface area contributed by atoms with Gasteiger partial charge in [-0.2, -0.15) is 8.78 Å². The molecule has 1 atom stereocenters. The van der Waals surface area contributed by atoms with E-state index in [0.717, 1.165) is 12.5 Å². The van der Waals surface area contributed by atoms with Crippen molar-refractivity contribution in [2.75, 3.05) is 0 Å². The number of hydrogen-bond acceptors (Lipinski definition) is 5. The third kappa shape index (κ3) is 5.75. The van der Waals surface area contributed by atoms with Crippen LogP contribution in [0.1, 0.15) is 37.7 Å². The monoisotopic (exact) mass is 605 g/mol. The van der Waals surface area contributed by atoms with Gasteiger partial charge in [-0.15, -0.1) is 0 Å². The van der Waals surface area contributed by atoms with Crippen LogP contribution in [0, 0.1) is 13.1 Å². The van der Waals surface area contributed by atoms with Crippen LogP contribution in [0.2, 0.25) is 0 Å². The summed E-state index contributed by atoms with van der Waals surface area (Å²) in [5, 5.41) is 20.6. The zero-order valence-corrected chi connectivity index (χ0v) is 18.4. The Labute approximate surface area is 182 Å². The first-order chi connectivity index (χ1) is 12.6. The molecule has 1 N–H and O–H groups in total. The molecule has 9 heteroatoms. The lowest BCUT2D eigenvalue weighted by Crippen LogP contribution is -2.54. The van der Waals surface area contributed by atoms with Crippen molar-refractivity contribution in [3.63, 3.8) is 0 Å². The van der Waals surface area contributed by atoms with Crippen LogP contribution in [0.25, 0.3) is 6.08 Å². The summed E-state index contributed by atoms with van der Waals surface area (Å²) in [6.07, 6.45) is 3.27. The molecule has 5 nitrogen and oxygen atoms in total. The number of halogens is 4. The molecule has 1 fully saturated rings. The predicted molar refractivity (Wildman–Crippen MR) is 109 cm³/mol. The summed E-state index contributed by atoms with van der Waals surface area (Å²) in [4.78, 5) is 22.9. The molecule has 148 valence electrons. The molecule has 2 rings (SSSR count). The number of aromatic hydroxyl groups is 1. The highest BCUT2D eigenvalue weighted by Gasteiger charge is 2.48. The molecule has 1 aromatic carbocycles. The van der Waals surface area contributed by atoms with E-state index in [1.165, 1.54) is 6.08 Å². The minimum absolute atomic E-state index is 0.113. The maximum Gasteiger partial charge on any atom is 0.331 e. The number of carbonyl (C=O) groups excluding carboxylic acids is 2. The maximum atomic E-state index is 14.1. The first-order valence-electron chi connectivity index (χ1n) is 8.29. The highest BCUT2D eigenvalue weighted by atomic mass is 127. The Morgan fingerprint density at radius 2 is 1.78 bits per heavy atom. The van der Waals surface area contributed by atoms with Crippen LogP contribution in [-0.4, -0.2) is 29.1 Å². The fourth-order valence-electron chi connectivity index (χ4n) is 3.03. The van der Waals surface area contributed by atoms with Crippen molar-refractivity contribution in [2.24, 2.45) is 5.92 Å². The van der Waals surface area contributed by atoms with E-state index in [4.69, 9.17) is 4.74 Å². The van der Waals surface area contributed by atoms with Crippen molar-refractivity contribution in [1.29, 1.82) is 0 Å². The topological polar surface area (TPSA) is 86.7 Å². The Hall–Kier alpha value is -0.980. The molecule has 1 unspecified atom stereocenters. The van der Waals surface area contributed by atoms with E-state index in [-0.39, 0.29) is 5.75 Å². The lowest BCUT2D eigenvalue weighted by Gasteiger charge is -2.35. The van der Waals surface area contributed by atoms with Crippen LogP contribution in [0.3, 0.4) is 0 Å². The van der Waals surface area contributed by atoms with Gasteiger partial charge in [0.25, 0.3) is 0 Å². The first kappa shape index (κ1) is 22.3. The molecule has 0 saturated heterocycles. The van der Waals surface area contributed by atoms with Gasteiger partial charge < -0.3 is 19.7 Å². The molecule has 0 aromatic heterocycles.